The molecule has 0 heterocycles. The molecule has 0 aromatic heterocycles. The molecule has 0 aliphatic heterocycles. The highest BCUT2D eigenvalue weighted by Crippen LogP contribution is 2.47. The zero-order valence-electron chi connectivity index (χ0n) is 20.1. The lowest BCUT2D eigenvalue weighted by Gasteiger charge is -2.43. The van der Waals surface area contributed by atoms with Gasteiger partial charge in [-0.3, -0.25) is 0 Å². The second-order valence-electron chi connectivity index (χ2n) is 11.5. The first kappa shape index (κ1) is 24.3. The van der Waals surface area contributed by atoms with Crippen molar-refractivity contribution < 1.29 is 5.11 Å². The van der Waals surface area contributed by atoms with Crippen LogP contribution in [0.25, 0.3) is 0 Å². The lowest BCUT2D eigenvalue weighted by molar-refractivity contribution is 0.209. The van der Waals surface area contributed by atoms with Crippen LogP contribution in [0.3, 0.4) is 0 Å². The van der Waals surface area contributed by atoms with Crippen molar-refractivity contribution in [1.29, 1.82) is 0 Å². The Balaban J connectivity index is 2.42. The van der Waals surface area contributed by atoms with Gasteiger partial charge in [-0.2, -0.15) is 0 Å². The van der Waals surface area contributed by atoms with Crippen molar-refractivity contribution in [2.45, 2.75) is 115 Å². The first-order valence-corrected chi connectivity index (χ1v) is 18.0. The zero-order chi connectivity index (χ0) is 21.9. The first-order valence-electron chi connectivity index (χ1n) is 11.5. The second kappa shape index (κ2) is 9.42. The Hall–Kier alpha value is -1.01. The van der Waals surface area contributed by atoms with Crippen LogP contribution < -0.4 is 0 Å². The van der Waals surface area contributed by atoms with Gasteiger partial charge in [-0.1, -0.05) is 71.4 Å². The Morgan fingerprint density at radius 3 is 2.17 bits per heavy atom. The fraction of sp³-hybridized carbons (Fsp3) is 0.692. The van der Waals surface area contributed by atoms with Gasteiger partial charge in [-0.05, 0) is 61.1 Å². The Bertz CT molecular complexity index is 779. The van der Waals surface area contributed by atoms with Crippen molar-refractivity contribution in [3.8, 4) is 23.3 Å². The van der Waals surface area contributed by atoms with Gasteiger partial charge >= 0.3 is 0 Å². The van der Waals surface area contributed by atoms with Crippen LogP contribution in [0.4, 0.5) is 0 Å². The smallest absolute Gasteiger partial charge is 0.129 e. The molecule has 0 spiro atoms. The van der Waals surface area contributed by atoms with Gasteiger partial charge in [-0.25, -0.2) is 0 Å². The molecular formula is C26H42OSi2. The molecule has 2 atom stereocenters. The summed E-state index contributed by atoms with van der Waals surface area (Å²) in [6, 6.07) is 0. The van der Waals surface area contributed by atoms with Crippen LogP contribution in [0, 0.1) is 23.3 Å². The maximum Gasteiger partial charge on any atom is 0.129 e. The van der Waals surface area contributed by atoms with Crippen molar-refractivity contribution in [2.75, 3.05) is 0 Å². The van der Waals surface area contributed by atoms with Gasteiger partial charge in [0.1, 0.15) is 8.07 Å². The number of hydrogen-bond donors (Lipinski definition) is 1. The summed E-state index contributed by atoms with van der Waals surface area (Å²) < 4.78 is 0. The van der Waals surface area contributed by atoms with E-state index in [-0.39, 0.29) is 10.6 Å². The molecule has 160 valence electrons. The summed E-state index contributed by atoms with van der Waals surface area (Å²) in [6.45, 7) is 18.7. The molecule has 2 aliphatic carbocycles. The molecule has 1 N–H and O–H groups in total. The SMILES string of the molecule is CC(C)(C)[Si](C)(C)[C@@H](C#C[Si](C)(C)C)[C@H](O)C1=C(C#CC2=CCCCC2)CCC1. The molecule has 0 saturated carbocycles. The molecule has 0 fully saturated rings. The minimum absolute atomic E-state index is 0.0630. The van der Waals surface area contributed by atoms with Gasteiger partial charge in [0.25, 0.3) is 0 Å². The third kappa shape index (κ3) is 6.48. The molecule has 2 aliphatic rings. The maximum atomic E-state index is 11.6. The average molecular weight is 427 g/mol. The largest absolute Gasteiger partial charge is 0.388 e. The number of aliphatic hydroxyl groups excluding tert-OH is 1. The van der Waals surface area contributed by atoms with E-state index in [1.54, 1.807) is 0 Å². The lowest BCUT2D eigenvalue weighted by Crippen LogP contribution is -2.47. The second-order valence-corrected chi connectivity index (χ2v) is 21.8. The Labute approximate surface area is 182 Å². The van der Waals surface area contributed by atoms with E-state index in [1.807, 2.05) is 0 Å². The molecule has 0 saturated heterocycles. The number of hydrogen-bond acceptors (Lipinski definition) is 1. The fourth-order valence-corrected chi connectivity index (χ4v) is 7.05. The third-order valence-corrected chi connectivity index (χ3v) is 13.7. The van der Waals surface area contributed by atoms with Crippen LogP contribution in [0.15, 0.2) is 22.8 Å². The minimum Gasteiger partial charge on any atom is -0.388 e. The highest BCUT2D eigenvalue weighted by atomic mass is 28.3. The summed E-state index contributed by atoms with van der Waals surface area (Å²) in [6.07, 6.45) is 9.77. The van der Waals surface area contributed by atoms with Gasteiger partial charge in [0.2, 0.25) is 0 Å². The Kier molecular flexibility index (Phi) is 7.88. The lowest BCUT2D eigenvalue weighted by atomic mass is 9.99. The quantitative estimate of drug-likeness (QED) is 0.377. The number of allylic oxidation sites excluding steroid dienone is 3. The van der Waals surface area contributed by atoms with Crippen LogP contribution in [0.1, 0.15) is 65.7 Å². The van der Waals surface area contributed by atoms with E-state index in [9.17, 15) is 5.11 Å². The summed E-state index contributed by atoms with van der Waals surface area (Å²) in [7, 11) is -3.34. The Morgan fingerprint density at radius 1 is 0.931 bits per heavy atom. The predicted molar refractivity (Wildman–Crippen MR) is 133 cm³/mol. The highest BCUT2D eigenvalue weighted by molar-refractivity contribution is 6.85. The summed E-state index contributed by atoms with van der Waals surface area (Å²) >= 11 is 0. The van der Waals surface area contributed by atoms with E-state index in [1.165, 1.54) is 29.6 Å². The highest BCUT2D eigenvalue weighted by Gasteiger charge is 2.46. The molecule has 0 bridgehead atoms. The molecule has 0 radical (unpaired) electrons. The summed E-state index contributed by atoms with van der Waals surface area (Å²) in [5.74, 6) is 10.6. The van der Waals surface area contributed by atoms with Crippen molar-refractivity contribution in [2.24, 2.45) is 0 Å². The van der Waals surface area contributed by atoms with Gasteiger partial charge in [0.05, 0.1) is 14.2 Å². The molecule has 1 nitrogen and oxygen atoms in total. The average Bonchev–Trinajstić information content (AvgIpc) is 3.07. The summed E-state index contributed by atoms with van der Waals surface area (Å²) in [5, 5.41) is 11.8. The predicted octanol–water partition coefficient (Wildman–Crippen LogP) is 7.09. The van der Waals surface area contributed by atoms with Crippen molar-refractivity contribution in [1.82, 2.24) is 0 Å². The standard InChI is InChI=1S/C26H42OSi2/c1-26(2,3)29(7,8)24(19-20-28(4,5)6)25(27)23-16-12-15-22(23)18-17-21-13-10-9-11-14-21/h13,24-25,27H,9-12,14-16H2,1-8H3/t24-,25+/m0/s1. The van der Waals surface area contributed by atoms with E-state index in [2.05, 4.69) is 82.9 Å². The minimum atomic E-state index is -1.84. The summed E-state index contributed by atoms with van der Waals surface area (Å²) in [5.41, 5.74) is 7.34. The Morgan fingerprint density at radius 2 is 1.62 bits per heavy atom. The van der Waals surface area contributed by atoms with E-state index < -0.39 is 22.3 Å². The van der Waals surface area contributed by atoms with E-state index >= 15 is 0 Å². The molecule has 0 unspecified atom stereocenters. The van der Waals surface area contributed by atoms with Crippen LogP contribution in [-0.4, -0.2) is 27.4 Å². The first-order chi connectivity index (χ1) is 13.3. The molecule has 0 aromatic rings. The van der Waals surface area contributed by atoms with Gasteiger partial charge < -0.3 is 5.11 Å². The van der Waals surface area contributed by atoms with Crippen LogP contribution in [-0.2, 0) is 0 Å². The monoisotopic (exact) mass is 426 g/mol. The molecule has 2 rings (SSSR count). The van der Waals surface area contributed by atoms with Crippen molar-refractivity contribution in [3.05, 3.63) is 22.8 Å². The topological polar surface area (TPSA) is 20.2 Å². The van der Waals surface area contributed by atoms with Gasteiger partial charge in [-0.15, -0.1) is 11.5 Å². The molecule has 0 amide bonds. The van der Waals surface area contributed by atoms with Crippen molar-refractivity contribution >= 4 is 16.1 Å². The summed E-state index contributed by atoms with van der Waals surface area (Å²) in [4.78, 5) is 0. The third-order valence-electron chi connectivity index (χ3n) is 6.91. The zero-order valence-corrected chi connectivity index (χ0v) is 22.1. The van der Waals surface area contributed by atoms with E-state index in [0.29, 0.717) is 0 Å². The van der Waals surface area contributed by atoms with E-state index in [4.69, 9.17) is 0 Å². The number of rotatable bonds is 3. The van der Waals surface area contributed by atoms with Gasteiger partial charge in [0, 0.05) is 11.1 Å². The fourth-order valence-electron chi connectivity index (χ4n) is 3.96. The van der Waals surface area contributed by atoms with Crippen LogP contribution in [0.2, 0.25) is 43.3 Å². The normalized spacial score (nSPS) is 20.2. The van der Waals surface area contributed by atoms with E-state index in [0.717, 1.165) is 32.1 Å². The van der Waals surface area contributed by atoms with Crippen LogP contribution in [0.5, 0.6) is 0 Å². The van der Waals surface area contributed by atoms with Crippen molar-refractivity contribution in [3.63, 3.8) is 0 Å². The molecule has 0 aromatic carbocycles. The molecule has 3 heteroatoms. The van der Waals surface area contributed by atoms with Crippen LogP contribution >= 0.6 is 0 Å². The molecular weight excluding hydrogens is 384 g/mol. The maximum absolute atomic E-state index is 11.6. The molecule has 29 heavy (non-hydrogen) atoms. The number of aliphatic hydroxyl groups is 1. The van der Waals surface area contributed by atoms with Gasteiger partial charge in [0.15, 0.2) is 0 Å².